The molecule has 5 aromatic heterocycles. The van der Waals surface area contributed by atoms with E-state index in [9.17, 15) is 4.79 Å². The summed E-state index contributed by atoms with van der Waals surface area (Å²) < 4.78 is 5.72. The number of hydrazone groups is 4. The molecule has 9 aromatic carbocycles. The quantitative estimate of drug-likeness (QED) is 0.0538. The van der Waals surface area contributed by atoms with Crippen molar-refractivity contribution in [1.29, 1.82) is 0 Å². The van der Waals surface area contributed by atoms with Crippen molar-refractivity contribution in [2.75, 3.05) is 26.6 Å². The van der Waals surface area contributed by atoms with Crippen molar-refractivity contribution in [3.63, 3.8) is 0 Å². The van der Waals surface area contributed by atoms with Crippen LogP contribution < -0.4 is 20.0 Å². The zero-order chi connectivity index (χ0) is 71.7. The van der Waals surface area contributed by atoms with E-state index < -0.39 is 0 Å². The Kier molecular flexibility index (Phi) is 25.2. The summed E-state index contributed by atoms with van der Waals surface area (Å²) in [7, 11) is 0. The first-order valence-electron chi connectivity index (χ1n) is 34.4. The van der Waals surface area contributed by atoms with Gasteiger partial charge in [0.25, 0.3) is 0 Å². The topological polar surface area (TPSA) is 144 Å². The first kappa shape index (κ1) is 73.2. The number of nitrogens with zero attached hydrogens (tertiary/aromatic N) is 13. The van der Waals surface area contributed by atoms with Gasteiger partial charge in [0.05, 0.1) is 82.0 Å². The molecular weight excluding hydrogens is 1360 g/mol. The molecule has 14 aromatic rings. The summed E-state index contributed by atoms with van der Waals surface area (Å²) in [5.74, 6) is -0.0388. The number of hydrogen-bond donors (Lipinski definition) is 0. The van der Waals surface area contributed by atoms with Crippen molar-refractivity contribution in [3.05, 3.63) is 261 Å². The number of anilines is 5. The minimum Gasteiger partial charge on any atom is -0.272 e. The second kappa shape index (κ2) is 35.0. The van der Waals surface area contributed by atoms with Gasteiger partial charge in [-0.05, 0) is 187 Å². The van der Waals surface area contributed by atoms with Gasteiger partial charge in [-0.3, -0.25) is 4.79 Å². The lowest BCUT2D eigenvalue weighted by Crippen LogP contribution is -2.27. The first-order chi connectivity index (χ1) is 49.5. The Balaban J connectivity index is 0.000000137. The Labute approximate surface area is 618 Å². The van der Waals surface area contributed by atoms with Crippen molar-refractivity contribution in [3.8, 4) is 0 Å². The second-order valence-electron chi connectivity index (χ2n) is 25.1. The van der Waals surface area contributed by atoms with Crippen LogP contribution in [0.2, 0.25) is 0 Å². The molecule has 518 valence electrons. The summed E-state index contributed by atoms with van der Waals surface area (Å²) in [6, 6.07) is 66.5. The molecule has 0 fully saturated rings. The molecule has 0 aliphatic carbocycles. The van der Waals surface area contributed by atoms with Gasteiger partial charge in [0.2, 0.25) is 31.6 Å². The van der Waals surface area contributed by atoms with Gasteiger partial charge in [-0.15, -0.1) is 0 Å². The summed E-state index contributed by atoms with van der Waals surface area (Å²) >= 11 is 8.11. The van der Waals surface area contributed by atoms with Crippen LogP contribution in [0.4, 0.5) is 25.7 Å². The SMILES string of the molecule is CCC(C)N(/N=C/c1cc(C)ccc1C)c1nc2ccccc2s1.CCCC(=O)N(/N=C/c1cc(C)ccc1C)c1nc2ccccc2s1.CCCCN(/N=C/c1cc(C)ccc1C)c1nc2ccccc2s1.Cc1ccc(C)c(/C=N/N(c2nc3ccccc3s2)c2nc3ccccc3s2)c1. The van der Waals surface area contributed by atoms with Crippen molar-refractivity contribution in [2.24, 2.45) is 20.4 Å². The number of rotatable bonds is 20. The molecule has 19 heteroatoms. The number of unbranched alkanes of at least 4 members (excludes halogenated alkanes) is 1. The van der Waals surface area contributed by atoms with E-state index >= 15 is 0 Å². The van der Waals surface area contributed by atoms with Crippen LogP contribution in [0.15, 0.2) is 215 Å². The van der Waals surface area contributed by atoms with Crippen LogP contribution in [0.5, 0.6) is 0 Å². The van der Waals surface area contributed by atoms with E-state index in [4.69, 9.17) is 35.2 Å². The third-order valence-electron chi connectivity index (χ3n) is 16.8. The van der Waals surface area contributed by atoms with Gasteiger partial charge in [0, 0.05) is 13.0 Å². The molecule has 1 amide bonds. The lowest BCUT2D eigenvalue weighted by molar-refractivity contribution is -0.118. The Morgan fingerprint density at radius 3 is 1.12 bits per heavy atom. The molecule has 0 bridgehead atoms. The fraction of sp³-hybridized carbons (Fsp3) is 0.229. The number of para-hydroxylation sites is 5. The van der Waals surface area contributed by atoms with E-state index in [-0.39, 0.29) is 5.91 Å². The van der Waals surface area contributed by atoms with Gasteiger partial charge in [0.1, 0.15) is 0 Å². The monoisotopic (exact) mass is 1440 g/mol. The third kappa shape index (κ3) is 18.9. The highest BCUT2D eigenvalue weighted by atomic mass is 32.1. The summed E-state index contributed by atoms with van der Waals surface area (Å²) in [5.41, 5.74) is 19.0. The molecule has 14 rings (SSSR count). The average Bonchev–Trinajstić information content (AvgIpc) is 1.66. The van der Waals surface area contributed by atoms with Gasteiger partial charge < -0.3 is 0 Å². The average molecular weight is 1440 g/mol. The molecule has 5 heterocycles. The number of aryl methyl sites for hydroxylation is 8. The normalized spacial score (nSPS) is 11.8. The molecule has 0 aliphatic heterocycles. The van der Waals surface area contributed by atoms with Crippen LogP contribution in [0.1, 0.15) is 127 Å². The van der Waals surface area contributed by atoms with E-state index in [2.05, 4.69) is 194 Å². The van der Waals surface area contributed by atoms with Gasteiger partial charge in [-0.25, -0.2) is 34.9 Å². The lowest BCUT2D eigenvalue weighted by Gasteiger charge is -2.22. The highest BCUT2D eigenvalue weighted by molar-refractivity contribution is 7.24. The van der Waals surface area contributed by atoms with Crippen molar-refractivity contribution in [2.45, 2.75) is 121 Å². The first-order valence-corrected chi connectivity index (χ1v) is 38.5. The number of carbonyl (C=O) groups is 1. The molecule has 1 unspecified atom stereocenters. The van der Waals surface area contributed by atoms with Crippen LogP contribution >= 0.6 is 56.7 Å². The van der Waals surface area contributed by atoms with Crippen LogP contribution in [-0.4, -0.2) is 68.3 Å². The molecule has 0 radical (unpaired) electrons. The van der Waals surface area contributed by atoms with E-state index in [1.165, 1.54) is 64.7 Å². The smallest absolute Gasteiger partial charge is 0.249 e. The minimum atomic E-state index is -0.0388. The van der Waals surface area contributed by atoms with E-state index in [1.807, 2.05) is 127 Å². The minimum absolute atomic E-state index is 0.0388. The molecule has 0 saturated heterocycles. The number of benzene rings is 9. The van der Waals surface area contributed by atoms with Crippen molar-refractivity contribution >= 4 is 164 Å². The number of thiazole rings is 5. The maximum Gasteiger partial charge on any atom is 0.249 e. The Bertz CT molecular complexity index is 5050. The number of aromatic nitrogens is 5. The van der Waals surface area contributed by atoms with Crippen LogP contribution in [0, 0.1) is 55.4 Å². The van der Waals surface area contributed by atoms with Crippen molar-refractivity contribution < 1.29 is 4.79 Å². The van der Waals surface area contributed by atoms with Gasteiger partial charge >= 0.3 is 0 Å². The molecule has 14 nitrogen and oxygen atoms in total. The molecule has 0 spiro atoms. The summed E-state index contributed by atoms with van der Waals surface area (Å²) in [6.45, 7) is 26.2. The summed E-state index contributed by atoms with van der Waals surface area (Å²) in [5, 5.41) is 30.4. The largest absolute Gasteiger partial charge is 0.272 e. The Morgan fingerprint density at radius 1 is 0.392 bits per heavy atom. The van der Waals surface area contributed by atoms with Crippen LogP contribution in [0.3, 0.4) is 0 Å². The standard InChI is InChI=1S/C23H18N4S2.C20H21N3OS.2C20H23N3S/c1-15-11-12-16(2)17(13-15)14-24-27(22-25-18-7-3-5-9-20(18)28-22)23-26-19-8-4-6-10-21(19)29-23;1-4-7-19(24)23(20-22-17-8-5-6-9-18(17)25-20)21-13-16-12-14(2)10-11-15(16)3;1-5-16(4)23(20-22-18-8-6-7-9-19(18)24-20)21-13-17-12-14(2)10-11-15(17)3;1-4-5-12-23(20-22-18-8-6-7-9-19(18)24-20)21-14-17-13-15(2)10-11-16(17)3/h3-14H,1-2H3;5-6,8-13H,4,7H2,1-3H3;6-13,16H,5H2,1-4H3;6-11,13-14H,4-5,12H2,1-3H3/b24-14+;2*21-13+;21-14+. The van der Waals surface area contributed by atoms with Crippen molar-refractivity contribution in [1.82, 2.24) is 24.9 Å². The molecule has 0 aliphatic rings. The van der Waals surface area contributed by atoms with Crippen LogP contribution in [-0.2, 0) is 4.79 Å². The summed E-state index contributed by atoms with van der Waals surface area (Å²) in [4.78, 5) is 36.3. The highest BCUT2D eigenvalue weighted by Crippen LogP contribution is 2.39. The van der Waals surface area contributed by atoms with Gasteiger partial charge in [0.15, 0.2) is 0 Å². The zero-order valence-electron chi connectivity index (χ0n) is 59.9. The molecule has 102 heavy (non-hydrogen) atoms. The predicted octanol–water partition coefficient (Wildman–Crippen LogP) is 22.9. The van der Waals surface area contributed by atoms with E-state index in [0.717, 1.165) is 122 Å². The number of carbonyl (C=O) groups excluding carboxylic acids is 1. The van der Waals surface area contributed by atoms with E-state index in [0.29, 0.717) is 17.6 Å². The highest BCUT2D eigenvalue weighted by Gasteiger charge is 2.22. The summed E-state index contributed by atoms with van der Waals surface area (Å²) in [6.07, 6.45) is 12.0. The number of amides is 1. The fourth-order valence-corrected chi connectivity index (χ4v) is 15.5. The number of fused-ring (bicyclic) bond motifs is 5. The Morgan fingerprint density at radius 2 is 0.725 bits per heavy atom. The lowest BCUT2D eigenvalue weighted by atomic mass is 10.1. The van der Waals surface area contributed by atoms with Crippen LogP contribution in [0.25, 0.3) is 51.1 Å². The van der Waals surface area contributed by atoms with Gasteiger partial charge in [-0.1, -0.05) is 240 Å². The molecular formula is C83H85N13OS5. The maximum atomic E-state index is 12.6. The maximum absolute atomic E-state index is 12.6. The molecule has 1 atom stereocenters. The fourth-order valence-electron chi connectivity index (χ4n) is 10.6. The molecule has 0 saturated carbocycles. The zero-order valence-corrected chi connectivity index (χ0v) is 64.0. The molecule has 0 N–H and O–H groups in total. The third-order valence-corrected chi connectivity index (χ3v) is 21.9. The van der Waals surface area contributed by atoms with E-state index in [1.54, 1.807) is 51.6 Å². The second-order valence-corrected chi connectivity index (χ2v) is 30.1. The predicted molar refractivity (Wildman–Crippen MR) is 441 cm³/mol. The Hall–Kier alpha value is -10.0. The number of hydrogen-bond acceptors (Lipinski definition) is 18. The van der Waals surface area contributed by atoms with Gasteiger partial charge in [-0.2, -0.15) is 30.4 Å².